The standard InChI is InChI=1S/C21H32N2/c1-21(2,3)18-6-8-19(9-7-18)22-10-12-23(13-11-22)20-15-16-4-5-17(20)14-16/h6-9,16-17,20H,4-5,10-15H2,1-3H3. The molecule has 2 nitrogen and oxygen atoms in total. The van der Waals surface area contributed by atoms with E-state index in [2.05, 4.69) is 54.8 Å². The van der Waals surface area contributed by atoms with Gasteiger partial charge in [0.1, 0.15) is 0 Å². The van der Waals surface area contributed by atoms with Gasteiger partial charge in [0.2, 0.25) is 0 Å². The molecule has 1 heterocycles. The van der Waals surface area contributed by atoms with Crippen LogP contribution in [0.5, 0.6) is 0 Å². The number of nitrogens with zero attached hydrogens (tertiary/aromatic N) is 2. The molecule has 0 N–H and O–H groups in total. The first kappa shape index (κ1) is 15.5. The summed E-state index contributed by atoms with van der Waals surface area (Å²) >= 11 is 0. The summed E-state index contributed by atoms with van der Waals surface area (Å²) in [6.45, 7) is 11.8. The molecule has 2 bridgehead atoms. The Balaban J connectivity index is 1.36. The molecule has 2 aliphatic carbocycles. The number of anilines is 1. The van der Waals surface area contributed by atoms with Crippen LogP contribution in [0.15, 0.2) is 24.3 Å². The van der Waals surface area contributed by atoms with E-state index in [0.29, 0.717) is 0 Å². The van der Waals surface area contributed by atoms with Crippen molar-refractivity contribution in [1.82, 2.24) is 4.90 Å². The van der Waals surface area contributed by atoms with Gasteiger partial charge in [-0.2, -0.15) is 0 Å². The molecule has 2 saturated carbocycles. The van der Waals surface area contributed by atoms with E-state index in [-0.39, 0.29) is 5.41 Å². The molecule has 0 amide bonds. The minimum Gasteiger partial charge on any atom is -0.369 e. The highest BCUT2D eigenvalue weighted by Gasteiger charge is 2.42. The predicted octanol–water partition coefficient (Wildman–Crippen LogP) is 4.29. The molecule has 126 valence electrons. The maximum atomic E-state index is 2.81. The number of piperazine rings is 1. The van der Waals surface area contributed by atoms with Gasteiger partial charge in [-0.3, -0.25) is 4.90 Å². The number of rotatable bonds is 2. The summed E-state index contributed by atoms with van der Waals surface area (Å²) in [4.78, 5) is 5.39. The van der Waals surface area contributed by atoms with Gasteiger partial charge in [0, 0.05) is 37.9 Å². The maximum Gasteiger partial charge on any atom is 0.0367 e. The van der Waals surface area contributed by atoms with E-state index in [1.54, 1.807) is 0 Å². The van der Waals surface area contributed by atoms with Crippen molar-refractivity contribution in [2.45, 2.75) is 57.9 Å². The van der Waals surface area contributed by atoms with Crippen molar-refractivity contribution in [2.24, 2.45) is 11.8 Å². The monoisotopic (exact) mass is 312 g/mol. The predicted molar refractivity (Wildman–Crippen MR) is 98.2 cm³/mol. The number of fused-ring (bicyclic) bond motifs is 2. The van der Waals surface area contributed by atoms with Crippen molar-refractivity contribution in [2.75, 3.05) is 31.1 Å². The lowest BCUT2D eigenvalue weighted by Gasteiger charge is -2.42. The quantitative estimate of drug-likeness (QED) is 0.803. The van der Waals surface area contributed by atoms with Crippen LogP contribution in [0.4, 0.5) is 5.69 Å². The number of hydrogen-bond acceptors (Lipinski definition) is 2. The van der Waals surface area contributed by atoms with Gasteiger partial charge in [0.25, 0.3) is 0 Å². The van der Waals surface area contributed by atoms with E-state index in [0.717, 1.165) is 17.9 Å². The molecular formula is C21H32N2. The molecule has 3 unspecified atom stereocenters. The Morgan fingerprint density at radius 1 is 0.870 bits per heavy atom. The van der Waals surface area contributed by atoms with E-state index >= 15 is 0 Å². The molecule has 0 radical (unpaired) electrons. The number of hydrogen-bond donors (Lipinski definition) is 0. The number of benzene rings is 1. The van der Waals surface area contributed by atoms with E-state index in [9.17, 15) is 0 Å². The Morgan fingerprint density at radius 3 is 2.09 bits per heavy atom. The van der Waals surface area contributed by atoms with Crippen molar-refractivity contribution in [1.29, 1.82) is 0 Å². The molecule has 2 heteroatoms. The lowest BCUT2D eigenvalue weighted by atomic mass is 9.87. The molecule has 3 fully saturated rings. The summed E-state index contributed by atoms with van der Waals surface area (Å²) in [5, 5.41) is 0. The van der Waals surface area contributed by atoms with Crippen LogP contribution in [0.25, 0.3) is 0 Å². The summed E-state index contributed by atoms with van der Waals surface area (Å²) in [6, 6.07) is 10.2. The van der Waals surface area contributed by atoms with Crippen LogP contribution in [0.1, 0.15) is 52.0 Å². The van der Waals surface area contributed by atoms with Crippen LogP contribution in [0.2, 0.25) is 0 Å². The van der Waals surface area contributed by atoms with E-state index < -0.39 is 0 Å². The fourth-order valence-electron chi connectivity index (χ4n) is 5.14. The third-order valence-electron chi connectivity index (χ3n) is 6.58. The Kier molecular flexibility index (Phi) is 3.91. The summed E-state index contributed by atoms with van der Waals surface area (Å²) in [5.41, 5.74) is 3.09. The topological polar surface area (TPSA) is 6.48 Å². The van der Waals surface area contributed by atoms with Crippen LogP contribution in [-0.2, 0) is 5.41 Å². The van der Waals surface area contributed by atoms with E-state index in [1.807, 2.05) is 0 Å². The van der Waals surface area contributed by atoms with Crippen LogP contribution in [0, 0.1) is 11.8 Å². The second-order valence-corrected chi connectivity index (χ2v) is 9.06. The summed E-state index contributed by atoms with van der Waals surface area (Å²) in [7, 11) is 0. The van der Waals surface area contributed by atoms with Crippen molar-refractivity contribution < 1.29 is 0 Å². The van der Waals surface area contributed by atoms with Crippen LogP contribution >= 0.6 is 0 Å². The normalized spacial score (nSPS) is 31.8. The Bertz CT molecular complexity index is 534. The third-order valence-corrected chi connectivity index (χ3v) is 6.58. The molecule has 0 spiro atoms. The molecule has 1 saturated heterocycles. The van der Waals surface area contributed by atoms with Gasteiger partial charge in [0.05, 0.1) is 0 Å². The Labute approximate surface area is 141 Å². The molecule has 1 aromatic carbocycles. The van der Waals surface area contributed by atoms with E-state index in [4.69, 9.17) is 0 Å². The fourth-order valence-corrected chi connectivity index (χ4v) is 5.14. The first-order chi connectivity index (χ1) is 11.0. The van der Waals surface area contributed by atoms with Crippen LogP contribution < -0.4 is 4.90 Å². The highest BCUT2D eigenvalue weighted by atomic mass is 15.3. The Morgan fingerprint density at radius 2 is 1.57 bits per heavy atom. The van der Waals surface area contributed by atoms with Gasteiger partial charge in [-0.05, 0) is 54.2 Å². The second kappa shape index (κ2) is 5.81. The van der Waals surface area contributed by atoms with Crippen molar-refractivity contribution in [3.8, 4) is 0 Å². The van der Waals surface area contributed by atoms with Gasteiger partial charge in [-0.15, -0.1) is 0 Å². The van der Waals surface area contributed by atoms with Crippen molar-refractivity contribution in [3.63, 3.8) is 0 Å². The molecule has 0 aromatic heterocycles. The van der Waals surface area contributed by atoms with Gasteiger partial charge >= 0.3 is 0 Å². The van der Waals surface area contributed by atoms with Crippen LogP contribution in [-0.4, -0.2) is 37.1 Å². The second-order valence-electron chi connectivity index (χ2n) is 9.06. The average molecular weight is 313 g/mol. The molecule has 4 rings (SSSR count). The minimum absolute atomic E-state index is 0.249. The largest absolute Gasteiger partial charge is 0.369 e. The summed E-state index contributed by atoms with van der Waals surface area (Å²) in [6.07, 6.45) is 6.04. The highest BCUT2D eigenvalue weighted by molar-refractivity contribution is 5.49. The minimum atomic E-state index is 0.249. The first-order valence-corrected chi connectivity index (χ1v) is 9.60. The molecular weight excluding hydrogens is 280 g/mol. The summed E-state index contributed by atoms with van der Waals surface area (Å²) in [5.74, 6) is 2.09. The van der Waals surface area contributed by atoms with Crippen molar-refractivity contribution in [3.05, 3.63) is 29.8 Å². The Hall–Kier alpha value is -1.02. The molecule has 1 aromatic rings. The lowest BCUT2D eigenvalue weighted by Crippen LogP contribution is -2.51. The lowest BCUT2D eigenvalue weighted by molar-refractivity contribution is 0.135. The van der Waals surface area contributed by atoms with Gasteiger partial charge in [-0.1, -0.05) is 39.3 Å². The molecule has 3 atom stereocenters. The maximum absolute atomic E-state index is 2.81. The summed E-state index contributed by atoms with van der Waals surface area (Å²) < 4.78 is 0. The molecule has 23 heavy (non-hydrogen) atoms. The molecule has 1 aliphatic heterocycles. The zero-order chi connectivity index (χ0) is 16.0. The van der Waals surface area contributed by atoms with E-state index in [1.165, 1.54) is 63.1 Å². The highest BCUT2D eigenvalue weighted by Crippen LogP contribution is 2.46. The molecule has 3 aliphatic rings. The van der Waals surface area contributed by atoms with Gasteiger partial charge in [0.15, 0.2) is 0 Å². The average Bonchev–Trinajstić information content (AvgIpc) is 3.17. The first-order valence-electron chi connectivity index (χ1n) is 9.60. The zero-order valence-electron chi connectivity index (χ0n) is 15.1. The third kappa shape index (κ3) is 3.03. The van der Waals surface area contributed by atoms with Gasteiger partial charge < -0.3 is 4.90 Å². The fraction of sp³-hybridized carbons (Fsp3) is 0.714. The zero-order valence-corrected chi connectivity index (χ0v) is 15.1. The smallest absolute Gasteiger partial charge is 0.0367 e. The van der Waals surface area contributed by atoms with Gasteiger partial charge in [-0.25, -0.2) is 0 Å². The van der Waals surface area contributed by atoms with Crippen LogP contribution in [0.3, 0.4) is 0 Å². The van der Waals surface area contributed by atoms with Crippen molar-refractivity contribution >= 4 is 5.69 Å². The SMILES string of the molecule is CC(C)(C)c1ccc(N2CCN(C3CC4CCC3C4)CC2)cc1.